The van der Waals surface area contributed by atoms with Crippen molar-refractivity contribution in [2.75, 3.05) is 26.2 Å². The summed E-state index contributed by atoms with van der Waals surface area (Å²) in [6, 6.07) is 4.62. The number of piperidine rings is 1. The number of aliphatic carboxylic acids is 1. The Balaban J connectivity index is 1.86. The molecule has 1 aromatic rings. The lowest BCUT2D eigenvalue weighted by molar-refractivity contribution is -0.136. The third-order valence-electron chi connectivity index (χ3n) is 3.71. The number of hydrogen-bond donors (Lipinski definition) is 2. The van der Waals surface area contributed by atoms with Gasteiger partial charge in [-0.15, -0.1) is 0 Å². The standard InChI is InChI=1S/C15H20ClFN2O2/c16-13-3-4-14(17)12(6-13)10-19-5-1-2-11(9-19)7-18-8-15(20)21/h3-4,6,11,18H,1-2,5,7-10H2,(H,20,21). The second-order valence-electron chi connectivity index (χ2n) is 5.50. The van der Waals surface area contributed by atoms with E-state index in [0.717, 1.165) is 25.9 Å². The Labute approximate surface area is 128 Å². The molecule has 0 aromatic heterocycles. The molecule has 1 fully saturated rings. The van der Waals surface area contributed by atoms with E-state index < -0.39 is 5.97 Å². The summed E-state index contributed by atoms with van der Waals surface area (Å²) in [7, 11) is 0. The summed E-state index contributed by atoms with van der Waals surface area (Å²) in [5, 5.41) is 12.1. The summed E-state index contributed by atoms with van der Waals surface area (Å²) in [6.45, 7) is 2.99. The molecule has 2 N–H and O–H groups in total. The first-order valence-electron chi connectivity index (χ1n) is 7.13. The van der Waals surface area contributed by atoms with Crippen molar-refractivity contribution >= 4 is 17.6 Å². The normalized spacial score (nSPS) is 19.6. The van der Waals surface area contributed by atoms with Crippen LogP contribution in [-0.4, -0.2) is 42.2 Å². The number of halogens is 2. The second-order valence-corrected chi connectivity index (χ2v) is 5.94. The van der Waals surface area contributed by atoms with Gasteiger partial charge in [0.15, 0.2) is 0 Å². The Kier molecular flexibility index (Phi) is 5.96. The van der Waals surface area contributed by atoms with Crippen LogP contribution in [0.25, 0.3) is 0 Å². The summed E-state index contributed by atoms with van der Waals surface area (Å²) in [6.07, 6.45) is 2.11. The molecule has 1 saturated heterocycles. The summed E-state index contributed by atoms with van der Waals surface area (Å²) in [4.78, 5) is 12.7. The van der Waals surface area contributed by atoms with E-state index in [2.05, 4.69) is 10.2 Å². The number of rotatable bonds is 6. The molecule has 1 heterocycles. The molecular weight excluding hydrogens is 295 g/mol. The fourth-order valence-corrected chi connectivity index (χ4v) is 2.94. The molecule has 0 spiro atoms. The van der Waals surface area contributed by atoms with Crippen LogP contribution in [0, 0.1) is 11.7 Å². The molecule has 21 heavy (non-hydrogen) atoms. The molecule has 0 amide bonds. The zero-order chi connectivity index (χ0) is 15.2. The van der Waals surface area contributed by atoms with Crippen molar-refractivity contribution in [3.05, 3.63) is 34.6 Å². The van der Waals surface area contributed by atoms with Gasteiger partial charge in [-0.05, 0) is 50.0 Å². The molecule has 0 bridgehead atoms. The molecule has 1 aromatic carbocycles. The smallest absolute Gasteiger partial charge is 0.317 e. The van der Waals surface area contributed by atoms with Crippen LogP contribution in [0.15, 0.2) is 18.2 Å². The lowest BCUT2D eigenvalue weighted by atomic mass is 9.97. The molecule has 2 rings (SSSR count). The van der Waals surface area contributed by atoms with Crippen molar-refractivity contribution in [3.63, 3.8) is 0 Å². The minimum absolute atomic E-state index is 0.0145. The fourth-order valence-electron chi connectivity index (χ4n) is 2.75. The van der Waals surface area contributed by atoms with Crippen LogP contribution < -0.4 is 5.32 Å². The third-order valence-corrected chi connectivity index (χ3v) is 3.95. The van der Waals surface area contributed by atoms with E-state index in [0.29, 0.717) is 29.6 Å². The molecule has 1 aliphatic heterocycles. The van der Waals surface area contributed by atoms with Crippen molar-refractivity contribution in [2.45, 2.75) is 19.4 Å². The zero-order valence-electron chi connectivity index (χ0n) is 11.8. The molecular formula is C15H20ClFN2O2. The Morgan fingerprint density at radius 2 is 2.33 bits per heavy atom. The third kappa shape index (κ3) is 5.26. The highest BCUT2D eigenvalue weighted by Crippen LogP contribution is 2.21. The van der Waals surface area contributed by atoms with Gasteiger partial charge in [0.1, 0.15) is 5.82 Å². The van der Waals surface area contributed by atoms with Crippen molar-refractivity contribution in [2.24, 2.45) is 5.92 Å². The van der Waals surface area contributed by atoms with Crippen molar-refractivity contribution < 1.29 is 14.3 Å². The Hall–Kier alpha value is -1.17. The average molecular weight is 315 g/mol. The fraction of sp³-hybridized carbons (Fsp3) is 0.533. The highest BCUT2D eigenvalue weighted by Gasteiger charge is 2.20. The SMILES string of the molecule is O=C(O)CNCC1CCCN(Cc2cc(Cl)ccc2F)C1. The maximum absolute atomic E-state index is 13.8. The van der Waals surface area contributed by atoms with Gasteiger partial charge in [-0.25, -0.2) is 4.39 Å². The molecule has 1 aliphatic rings. The molecule has 4 nitrogen and oxygen atoms in total. The van der Waals surface area contributed by atoms with Crippen LogP contribution in [-0.2, 0) is 11.3 Å². The monoisotopic (exact) mass is 314 g/mol. The number of hydrogen-bond acceptors (Lipinski definition) is 3. The van der Waals surface area contributed by atoms with Gasteiger partial charge < -0.3 is 10.4 Å². The van der Waals surface area contributed by atoms with E-state index in [1.807, 2.05) is 0 Å². The van der Waals surface area contributed by atoms with Crippen LogP contribution >= 0.6 is 11.6 Å². The van der Waals surface area contributed by atoms with Crippen LogP contribution in [0.1, 0.15) is 18.4 Å². The molecule has 0 radical (unpaired) electrons. The summed E-state index contributed by atoms with van der Waals surface area (Å²) in [5.74, 6) is -0.672. The molecule has 1 unspecified atom stereocenters. The van der Waals surface area contributed by atoms with Crippen LogP contribution in [0.2, 0.25) is 5.02 Å². The van der Waals surface area contributed by atoms with Crippen LogP contribution in [0.5, 0.6) is 0 Å². The van der Waals surface area contributed by atoms with Crippen LogP contribution in [0.3, 0.4) is 0 Å². The summed E-state index contributed by atoms with van der Waals surface area (Å²) >= 11 is 5.91. The second kappa shape index (κ2) is 7.73. The number of carboxylic acid groups (broad SMARTS) is 1. The first-order chi connectivity index (χ1) is 10.0. The van der Waals surface area contributed by atoms with Gasteiger partial charge in [0.05, 0.1) is 6.54 Å². The Morgan fingerprint density at radius 3 is 3.10 bits per heavy atom. The van der Waals surface area contributed by atoms with E-state index in [4.69, 9.17) is 16.7 Å². The molecule has 0 saturated carbocycles. The number of likely N-dealkylation sites (tertiary alicyclic amines) is 1. The highest BCUT2D eigenvalue weighted by molar-refractivity contribution is 6.30. The van der Waals surface area contributed by atoms with E-state index in [1.165, 1.54) is 6.07 Å². The first-order valence-corrected chi connectivity index (χ1v) is 7.51. The van der Waals surface area contributed by atoms with E-state index in [-0.39, 0.29) is 12.4 Å². The van der Waals surface area contributed by atoms with E-state index >= 15 is 0 Å². The minimum Gasteiger partial charge on any atom is -0.480 e. The van der Waals surface area contributed by atoms with Crippen molar-refractivity contribution in [3.8, 4) is 0 Å². The predicted octanol–water partition coefficient (Wildman–Crippen LogP) is 2.37. The predicted molar refractivity (Wildman–Crippen MR) is 79.9 cm³/mol. The first kappa shape index (κ1) is 16.2. The van der Waals surface area contributed by atoms with Gasteiger partial charge in [-0.1, -0.05) is 11.6 Å². The number of carbonyl (C=O) groups is 1. The van der Waals surface area contributed by atoms with Gasteiger partial charge in [-0.3, -0.25) is 9.69 Å². The maximum Gasteiger partial charge on any atom is 0.317 e. The topological polar surface area (TPSA) is 52.6 Å². The lowest BCUT2D eigenvalue weighted by Crippen LogP contribution is -2.40. The molecule has 0 aliphatic carbocycles. The molecule has 1 atom stereocenters. The lowest BCUT2D eigenvalue weighted by Gasteiger charge is -2.33. The maximum atomic E-state index is 13.8. The van der Waals surface area contributed by atoms with Gasteiger partial charge in [-0.2, -0.15) is 0 Å². The van der Waals surface area contributed by atoms with E-state index in [9.17, 15) is 9.18 Å². The highest BCUT2D eigenvalue weighted by atomic mass is 35.5. The van der Waals surface area contributed by atoms with Crippen molar-refractivity contribution in [1.82, 2.24) is 10.2 Å². The largest absolute Gasteiger partial charge is 0.480 e. The number of benzene rings is 1. The number of nitrogens with zero attached hydrogens (tertiary/aromatic N) is 1. The zero-order valence-corrected chi connectivity index (χ0v) is 12.6. The van der Waals surface area contributed by atoms with Gasteiger partial charge in [0.25, 0.3) is 0 Å². The average Bonchev–Trinajstić information content (AvgIpc) is 2.43. The number of carboxylic acids is 1. The van der Waals surface area contributed by atoms with E-state index in [1.54, 1.807) is 12.1 Å². The van der Waals surface area contributed by atoms with Crippen LogP contribution in [0.4, 0.5) is 4.39 Å². The quantitative estimate of drug-likeness (QED) is 0.846. The molecule has 116 valence electrons. The Morgan fingerprint density at radius 1 is 1.52 bits per heavy atom. The number of nitrogens with one attached hydrogen (secondary N) is 1. The summed E-state index contributed by atoms with van der Waals surface area (Å²) < 4.78 is 13.8. The van der Waals surface area contributed by atoms with Crippen molar-refractivity contribution in [1.29, 1.82) is 0 Å². The van der Waals surface area contributed by atoms with Gasteiger partial charge in [0, 0.05) is 23.7 Å². The molecule has 6 heteroatoms. The minimum atomic E-state index is -0.844. The van der Waals surface area contributed by atoms with Gasteiger partial charge in [0.2, 0.25) is 0 Å². The Bertz CT molecular complexity index is 499. The summed E-state index contributed by atoms with van der Waals surface area (Å²) in [5.41, 5.74) is 0.613. The van der Waals surface area contributed by atoms with Gasteiger partial charge >= 0.3 is 5.97 Å².